The van der Waals surface area contributed by atoms with Crippen LogP contribution in [0.1, 0.15) is 10.4 Å². The van der Waals surface area contributed by atoms with Crippen LogP contribution in [0.4, 0.5) is 11.4 Å². The molecule has 0 aliphatic carbocycles. The second-order valence-corrected chi connectivity index (χ2v) is 3.89. The van der Waals surface area contributed by atoms with Gasteiger partial charge in [0.15, 0.2) is 0 Å². The fraction of sp³-hybridized carbons (Fsp3) is 0. The van der Waals surface area contributed by atoms with Gasteiger partial charge in [-0.2, -0.15) is 0 Å². The van der Waals surface area contributed by atoms with E-state index < -0.39 is 5.97 Å². The first-order valence-corrected chi connectivity index (χ1v) is 5.39. The van der Waals surface area contributed by atoms with E-state index in [0.717, 1.165) is 11.4 Å². The average Bonchev–Trinajstić information content (AvgIpc) is 2.33. The minimum Gasteiger partial charge on any atom is -0.478 e. The lowest BCUT2D eigenvalue weighted by molar-refractivity contribution is 0.0697. The third-order valence-corrected chi connectivity index (χ3v) is 2.61. The number of carboxylic acids is 1. The van der Waals surface area contributed by atoms with Crippen LogP contribution in [-0.2, 0) is 0 Å². The Labute approximate surface area is 104 Å². The predicted octanol–water partition coefficient (Wildman–Crippen LogP) is 3.78. The zero-order chi connectivity index (χ0) is 12.3. The molecular formula is C13H10ClNO2. The molecule has 0 unspecified atom stereocenters. The smallest absolute Gasteiger partial charge is 0.335 e. The van der Waals surface area contributed by atoms with Gasteiger partial charge < -0.3 is 10.4 Å². The van der Waals surface area contributed by atoms with E-state index in [1.165, 1.54) is 0 Å². The van der Waals surface area contributed by atoms with E-state index in [2.05, 4.69) is 5.32 Å². The Morgan fingerprint density at radius 1 is 1.06 bits per heavy atom. The summed E-state index contributed by atoms with van der Waals surface area (Å²) in [6.07, 6.45) is 0. The monoisotopic (exact) mass is 247 g/mol. The lowest BCUT2D eigenvalue weighted by Gasteiger charge is -2.08. The first-order valence-electron chi connectivity index (χ1n) is 5.02. The minimum absolute atomic E-state index is 0.259. The molecule has 0 radical (unpaired) electrons. The lowest BCUT2D eigenvalue weighted by Crippen LogP contribution is -1.96. The Morgan fingerprint density at radius 3 is 2.29 bits per heavy atom. The standard InChI is InChI=1S/C13H10ClNO2/c14-11-3-1-2-4-12(11)15-10-7-5-9(6-8-10)13(16)17/h1-8,15H,(H,16,17). The van der Waals surface area contributed by atoms with E-state index in [9.17, 15) is 4.79 Å². The number of benzene rings is 2. The number of halogens is 1. The highest BCUT2D eigenvalue weighted by molar-refractivity contribution is 6.33. The van der Waals surface area contributed by atoms with Crippen LogP contribution in [0.25, 0.3) is 0 Å². The highest BCUT2D eigenvalue weighted by Gasteiger charge is 2.03. The molecule has 0 aliphatic rings. The van der Waals surface area contributed by atoms with Crippen molar-refractivity contribution in [1.82, 2.24) is 0 Å². The van der Waals surface area contributed by atoms with Crippen molar-refractivity contribution in [1.29, 1.82) is 0 Å². The van der Waals surface area contributed by atoms with Gasteiger partial charge >= 0.3 is 5.97 Å². The number of nitrogens with one attached hydrogen (secondary N) is 1. The van der Waals surface area contributed by atoms with Crippen molar-refractivity contribution in [2.45, 2.75) is 0 Å². The summed E-state index contributed by atoms with van der Waals surface area (Å²) >= 11 is 6.00. The largest absolute Gasteiger partial charge is 0.478 e. The summed E-state index contributed by atoms with van der Waals surface area (Å²) in [5.74, 6) is -0.936. The lowest BCUT2D eigenvalue weighted by atomic mass is 10.2. The normalized spacial score (nSPS) is 9.94. The molecular weight excluding hydrogens is 238 g/mol. The fourth-order valence-electron chi connectivity index (χ4n) is 1.41. The third kappa shape index (κ3) is 2.77. The van der Waals surface area contributed by atoms with Crippen LogP contribution in [0.2, 0.25) is 5.02 Å². The fourth-order valence-corrected chi connectivity index (χ4v) is 1.60. The first kappa shape index (κ1) is 11.5. The Hall–Kier alpha value is -2.00. The maximum Gasteiger partial charge on any atom is 0.335 e. The van der Waals surface area contributed by atoms with Gasteiger partial charge in [0.1, 0.15) is 0 Å². The number of anilines is 2. The van der Waals surface area contributed by atoms with Crippen LogP contribution in [0.3, 0.4) is 0 Å². The van der Waals surface area contributed by atoms with Gasteiger partial charge in [0.25, 0.3) is 0 Å². The molecule has 4 heteroatoms. The molecule has 0 saturated heterocycles. The molecule has 0 aliphatic heterocycles. The summed E-state index contributed by atoms with van der Waals surface area (Å²) in [6.45, 7) is 0. The molecule has 2 N–H and O–H groups in total. The Morgan fingerprint density at radius 2 is 1.71 bits per heavy atom. The minimum atomic E-state index is -0.936. The van der Waals surface area contributed by atoms with Crippen molar-refractivity contribution in [2.75, 3.05) is 5.32 Å². The van der Waals surface area contributed by atoms with E-state index in [1.807, 2.05) is 18.2 Å². The van der Waals surface area contributed by atoms with Crippen molar-refractivity contribution in [3.63, 3.8) is 0 Å². The molecule has 0 amide bonds. The van der Waals surface area contributed by atoms with Crippen LogP contribution in [0.15, 0.2) is 48.5 Å². The summed E-state index contributed by atoms with van der Waals surface area (Å²) in [5, 5.41) is 12.5. The Kier molecular flexibility index (Phi) is 3.30. The number of hydrogen-bond donors (Lipinski definition) is 2. The maximum atomic E-state index is 10.7. The van der Waals surface area contributed by atoms with E-state index in [1.54, 1.807) is 30.3 Å². The van der Waals surface area contributed by atoms with Crippen molar-refractivity contribution in [3.05, 3.63) is 59.1 Å². The molecule has 0 bridgehead atoms. The van der Waals surface area contributed by atoms with Gasteiger partial charge in [0.05, 0.1) is 16.3 Å². The maximum absolute atomic E-state index is 10.7. The molecule has 0 saturated carbocycles. The van der Waals surface area contributed by atoms with E-state index in [4.69, 9.17) is 16.7 Å². The average molecular weight is 248 g/mol. The van der Waals surface area contributed by atoms with Gasteiger partial charge in [-0.15, -0.1) is 0 Å². The molecule has 0 fully saturated rings. The third-order valence-electron chi connectivity index (χ3n) is 2.28. The molecule has 0 aromatic heterocycles. The number of carbonyl (C=O) groups is 1. The van der Waals surface area contributed by atoms with Crippen molar-refractivity contribution >= 4 is 28.9 Å². The van der Waals surface area contributed by atoms with Gasteiger partial charge in [0.2, 0.25) is 0 Å². The zero-order valence-electron chi connectivity index (χ0n) is 8.85. The van der Waals surface area contributed by atoms with Crippen LogP contribution < -0.4 is 5.32 Å². The molecule has 3 nitrogen and oxygen atoms in total. The molecule has 0 spiro atoms. The van der Waals surface area contributed by atoms with E-state index >= 15 is 0 Å². The molecule has 86 valence electrons. The number of hydrogen-bond acceptors (Lipinski definition) is 2. The Bertz CT molecular complexity index is 537. The first-order chi connectivity index (χ1) is 8.16. The summed E-state index contributed by atoms with van der Waals surface area (Å²) in [6, 6.07) is 13.9. The number of aromatic carboxylic acids is 1. The number of carboxylic acid groups (broad SMARTS) is 1. The number of rotatable bonds is 3. The van der Waals surface area contributed by atoms with Crippen molar-refractivity contribution in [2.24, 2.45) is 0 Å². The highest BCUT2D eigenvalue weighted by atomic mass is 35.5. The van der Waals surface area contributed by atoms with Crippen molar-refractivity contribution < 1.29 is 9.90 Å². The SMILES string of the molecule is O=C(O)c1ccc(Nc2ccccc2Cl)cc1. The van der Waals surface area contributed by atoms with Gasteiger partial charge in [-0.25, -0.2) is 4.79 Å². The molecule has 2 rings (SSSR count). The summed E-state index contributed by atoms with van der Waals surface area (Å²) in [7, 11) is 0. The second kappa shape index (κ2) is 4.89. The summed E-state index contributed by atoms with van der Waals surface area (Å²) in [5.41, 5.74) is 1.84. The highest BCUT2D eigenvalue weighted by Crippen LogP contribution is 2.24. The molecule has 0 heterocycles. The van der Waals surface area contributed by atoms with Gasteiger partial charge in [-0.05, 0) is 36.4 Å². The summed E-state index contributed by atoms with van der Waals surface area (Å²) < 4.78 is 0. The molecule has 17 heavy (non-hydrogen) atoms. The predicted molar refractivity (Wildman–Crippen MR) is 68.1 cm³/mol. The molecule has 2 aromatic carbocycles. The molecule has 2 aromatic rings. The van der Waals surface area contributed by atoms with Gasteiger partial charge in [0, 0.05) is 5.69 Å². The second-order valence-electron chi connectivity index (χ2n) is 3.49. The summed E-state index contributed by atoms with van der Waals surface area (Å²) in [4.78, 5) is 10.7. The van der Waals surface area contributed by atoms with Gasteiger partial charge in [-0.1, -0.05) is 23.7 Å². The quantitative estimate of drug-likeness (QED) is 0.868. The van der Waals surface area contributed by atoms with Gasteiger partial charge in [-0.3, -0.25) is 0 Å². The zero-order valence-corrected chi connectivity index (χ0v) is 9.61. The van der Waals surface area contributed by atoms with E-state index in [-0.39, 0.29) is 5.56 Å². The Balaban J connectivity index is 2.20. The van der Waals surface area contributed by atoms with E-state index in [0.29, 0.717) is 5.02 Å². The molecule has 0 atom stereocenters. The van der Waals surface area contributed by atoms with Crippen LogP contribution >= 0.6 is 11.6 Å². The van der Waals surface area contributed by atoms with Crippen LogP contribution in [0, 0.1) is 0 Å². The van der Waals surface area contributed by atoms with Crippen molar-refractivity contribution in [3.8, 4) is 0 Å². The van der Waals surface area contributed by atoms with Crippen LogP contribution in [-0.4, -0.2) is 11.1 Å². The number of para-hydroxylation sites is 1. The topological polar surface area (TPSA) is 49.3 Å². The van der Waals surface area contributed by atoms with Crippen LogP contribution in [0.5, 0.6) is 0 Å².